The van der Waals surface area contributed by atoms with Gasteiger partial charge in [-0.1, -0.05) is 68.3 Å². The Morgan fingerprint density at radius 3 is 2.32 bits per heavy atom. The van der Waals surface area contributed by atoms with E-state index in [1.165, 1.54) is 44.9 Å². The molecular formula is C16H32BrNO. The van der Waals surface area contributed by atoms with Crippen molar-refractivity contribution in [3.8, 4) is 0 Å². The quantitative estimate of drug-likeness (QED) is 0.370. The van der Waals surface area contributed by atoms with Gasteiger partial charge in [0, 0.05) is 18.3 Å². The van der Waals surface area contributed by atoms with Crippen LogP contribution in [0.15, 0.2) is 0 Å². The van der Waals surface area contributed by atoms with Gasteiger partial charge in [0.2, 0.25) is 5.91 Å². The molecule has 0 spiro atoms. The van der Waals surface area contributed by atoms with Crippen LogP contribution in [0.5, 0.6) is 0 Å². The Labute approximate surface area is 128 Å². The number of hydrogen-bond acceptors (Lipinski definition) is 1. The lowest BCUT2D eigenvalue weighted by atomic mass is 10.0. The Hall–Kier alpha value is -0.0500. The second-order valence-electron chi connectivity index (χ2n) is 5.45. The maximum Gasteiger partial charge on any atom is 0.220 e. The van der Waals surface area contributed by atoms with Crippen molar-refractivity contribution in [3.63, 3.8) is 0 Å². The van der Waals surface area contributed by atoms with Crippen LogP contribution in [-0.2, 0) is 4.79 Å². The first-order valence-electron chi connectivity index (χ1n) is 8.07. The third-order valence-electron chi connectivity index (χ3n) is 3.56. The number of halogens is 1. The first kappa shape index (κ1) is 18.9. The smallest absolute Gasteiger partial charge is 0.220 e. The average molecular weight is 334 g/mol. The van der Waals surface area contributed by atoms with Crippen LogP contribution in [0.4, 0.5) is 0 Å². The fourth-order valence-electron chi connectivity index (χ4n) is 2.32. The van der Waals surface area contributed by atoms with E-state index >= 15 is 0 Å². The molecule has 114 valence electrons. The summed E-state index contributed by atoms with van der Waals surface area (Å²) in [5.74, 6) is 0.879. The van der Waals surface area contributed by atoms with Crippen LogP contribution in [0.25, 0.3) is 0 Å². The van der Waals surface area contributed by atoms with E-state index < -0.39 is 0 Å². The van der Waals surface area contributed by atoms with E-state index in [1.54, 1.807) is 0 Å². The molecule has 0 saturated carbocycles. The number of carbonyl (C=O) groups excluding carboxylic acids is 1. The minimum Gasteiger partial charge on any atom is -0.356 e. The summed E-state index contributed by atoms with van der Waals surface area (Å²) >= 11 is 3.49. The third kappa shape index (κ3) is 12.7. The predicted molar refractivity (Wildman–Crippen MR) is 87.8 cm³/mol. The first-order valence-corrected chi connectivity index (χ1v) is 9.19. The second kappa shape index (κ2) is 14.4. The van der Waals surface area contributed by atoms with Crippen LogP contribution in [-0.4, -0.2) is 17.8 Å². The van der Waals surface area contributed by atoms with Crippen molar-refractivity contribution in [2.75, 3.05) is 11.9 Å². The average Bonchev–Trinajstić information content (AvgIpc) is 2.40. The molecule has 0 aliphatic heterocycles. The van der Waals surface area contributed by atoms with Crippen LogP contribution in [0.1, 0.15) is 78.1 Å². The molecule has 0 saturated heterocycles. The van der Waals surface area contributed by atoms with Crippen molar-refractivity contribution in [2.45, 2.75) is 78.1 Å². The van der Waals surface area contributed by atoms with E-state index in [9.17, 15) is 4.79 Å². The van der Waals surface area contributed by atoms with E-state index in [0.29, 0.717) is 12.3 Å². The van der Waals surface area contributed by atoms with Gasteiger partial charge in [-0.25, -0.2) is 0 Å². The number of nitrogens with one attached hydrogen (secondary N) is 1. The van der Waals surface area contributed by atoms with Crippen LogP contribution in [0.2, 0.25) is 0 Å². The summed E-state index contributed by atoms with van der Waals surface area (Å²) in [4.78, 5) is 11.7. The van der Waals surface area contributed by atoms with Gasteiger partial charge in [0.1, 0.15) is 0 Å². The van der Waals surface area contributed by atoms with Crippen molar-refractivity contribution in [3.05, 3.63) is 0 Å². The zero-order chi connectivity index (χ0) is 14.3. The topological polar surface area (TPSA) is 29.1 Å². The minimum absolute atomic E-state index is 0.242. The maximum atomic E-state index is 11.7. The largest absolute Gasteiger partial charge is 0.356 e. The zero-order valence-electron chi connectivity index (χ0n) is 12.8. The van der Waals surface area contributed by atoms with E-state index in [0.717, 1.165) is 24.7 Å². The number of amides is 1. The number of unbranched alkanes of at least 4 members (excludes halogenated alkanes) is 5. The van der Waals surface area contributed by atoms with Crippen molar-refractivity contribution in [1.29, 1.82) is 0 Å². The summed E-state index contributed by atoms with van der Waals surface area (Å²) in [7, 11) is 0. The van der Waals surface area contributed by atoms with Crippen LogP contribution >= 0.6 is 15.9 Å². The lowest BCUT2D eigenvalue weighted by Crippen LogP contribution is -2.29. The van der Waals surface area contributed by atoms with Gasteiger partial charge in [-0.05, 0) is 25.2 Å². The summed E-state index contributed by atoms with van der Waals surface area (Å²) < 4.78 is 0. The maximum absolute atomic E-state index is 11.7. The van der Waals surface area contributed by atoms with Crippen LogP contribution in [0.3, 0.4) is 0 Å². The molecule has 1 unspecified atom stereocenters. The fraction of sp³-hybridized carbons (Fsp3) is 0.938. The van der Waals surface area contributed by atoms with Crippen molar-refractivity contribution in [2.24, 2.45) is 5.92 Å². The zero-order valence-corrected chi connectivity index (χ0v) is 14.4. The van der Waals surface area contributed by atoms with E-state index in [2.05, 4.69) is 35.1 Å². The first-order chi connectivity index (χ1) is 9.24. The van der Waals surface area contributed by atoms with Crippen molar-refractivity contribution >= 4 is 21.8 Å². The Morgan fingerprint density at radius 2 is 1.68 bits per heavy atom. The molecule has 2 nitrogen and oxygen atoms in total. The van der Waals surface area contributed by atoms with E-state index in [4.69, 9.17) is 0 Å². The summed E-state index contributed by atoms with van der Waals surface area (Å²) in [5.41, 5.74) is 0. The molecule has 0 aliphatic rings. The van der Waals surface area contributed by atoms with Gasteiger partial charge >= 0.3 is 0 Å². The van der Waals surface area contributed by atoms with Crippen molar-refractivity contribution < 1.29 is 4.79 Å². The molecule has 0 fully saturated rings. The summed E-state index contributed by atoms with van der Waals surface area (Å²) in [6, 6.07) is 0. The molecule has 0 aromatic carbocycles. The summed E-state index contributed by atoms with van der Waals surface area (Å²) in [6.45, 7) is 5.29. The van der Waals surface area contributed by atoms with Gasteiger partial charge in [-0.2, -0.15) is 0 Å². The Kier molecular flexibility index (Phi) is 14.3. The highest BCUT2D eigenvalue weighted by Gasteiger charge is 2.08. The highest BCUT2D eigenvalue weighted by atomic mass is 79.9. The lowest BCUT2D eigenvalue weighted by molar-refractivity contribution is -0.121. The van der Waals surface area contributed by atoms with Gasteiger partial charge < -0.3 is 5.32 Å². The third-order valence-corrected chi connectivity index (χ3v) is 4.02. The fourth-order valence-corrected chi connectivity index (χ4v) is 2.97. The Morgan fingerprint density at radius 1 is 1.00 bits per heavy atom. The molecule has 1 amide bonds. The molecule has 0 aliphatic carbocycles. The molecule has 0 heterocycles. The molecule has 0 rings (SSSR count). The van der Waals surface area contributed by atoms with Gasteiger partial charge in [0.25, 0.3) is 0 Å². The number of rotatable bonds is 13. The molecule has 0 bridgehead atoms. The SMILES string of the molecule is CCCCCCCCC(=O)NCC(CCC)CCBr. The highest BCUT2D eigenvalue weighted by molar-refractivity contribution is 9.09. The van der Waals surface area contributed by atoms with Crippen molar-refractivity contribution in [1.82, 2.24) is 5.32 Å². The summed E-state index contributed by atoms with van der Waals surface area (Å²) in [6.07, 6.45) is 11.7. The predicted octanol–water partition coefficient (Wildman–Crippen LogP) is 5.05. The minimum atomic E-state index is 0.242. The Bertz CT molecular complexity index is 203. The van der Waals surface area contributed by atoms with Crippen LogP contribution < -0.4 is 5.32 Å². The highest BCUT2D eigenvalue weighted by Crippen LogP contribution is 2.12. The van der Waals surface area contributed by atoms with E-state index in [-0.39, 0.29) is 5.91 Å². The number of carbonyl (C=O) groups is 1. The summed E-state index contributed by atoms with van der Waals surface area (Å²) in [5, 5.41) is 4.13. The monoisotopic (exact) mass is 333 g/mol. The van der Waals surface area contributed by atoms with Gasteiger partial charge in [0.15, 0.2) is 0 Å². The molecule has 19 heavy (non-hydrogen) atoms. The lowest BCUT2D eigenvalue weighted by Gasteiger charge is -2.15. The number of alkyl halides is 1. The number of hydrogen-bond donors (Lipinski definition) is 1. The molecule has 1 atom stereocenters. The molecule has 0 aromatic heterocycles. The normalized spacial score (nSPS) is 12.4. The van der Waals surface area contributed by atoms with Crippen LogP contribution in [0, 0.1) is 5.92 Å². The molecule has 3 heteroatoms. The van der Waals surface area contributed by atoms with Gasteiger partial charge in [-0.3, -0.25) is 4.79 Å². The second-order valence-corrected chi connectivity index (χ2v) is 6.25. The Balaban J connectivity index is 3.50. The molecule has 1 N–H and O–H groups in total. The molecular weight excluding hydrogens is 302 g/mol. The van der Waals surface area contributed by atoms with Gasteiger partial charge in [0.05, 0.1) is 0 Å². The standard InChI is InChI=1S/C16H32BrNO/c1-3-5-6-7-8-9-11-16(19)18-14-15(10-4-2)12-13-17/h15H,3-14H2,1-2H3,(H,18,19). The van der Waals surface area contributed by atoms with E-state index in [1.807, 2.05) is 0 Å². The molecule has 0 aromatic rings. The van der Waals surface area contributed by atoms with Gasteiger partial charge in [-0.15, -0.1) is 0 Å². The molecule has 0 radical (unpaired) electrons.